The highest BCUT2D eigenvalue weighted by Gasteiger charge is 2.28. The third-order valence-electron chi connectivity index (χ3n) is 4.61. The summed E-state index contributed by atoms with van der Waals surface area (Å²) < 4.78 is 41.7. The number of rotatable bonds is 6. The number of nitrogens with one attached hydrogen (secondary N) is 3. The number of aliphatic imine (C=N–C) groups is 1. The Balaban J connectivity index is 1.54. The van der Waals surface area contributed by atoms with Crippen LogP contribution in [0.1, 0.15) is 23.5 Å². The van der Waals surface area contributed by atoms with Gasteiger partial charge in [-0.1, -0.05) is 30.3 Å². The predicted molar refractivity (Wildman–Crippen MR) is 109 cm³/mol. The highest BCUT2D eigenvalue weighted by molar-refractivity contribution is 5.94. The van der Waals surface area contributed by atoms with Crippen LogP contribution in [-0.2, 0) is 11.3 Å². The fraction of sp³-hybridized carbons (Fsp3) is 0.333. The van der Waals surface area contributed by atoms with Gasteiger partial charge in [0.25, 0.3) is 0 Å². The van der Waals surface area contributed by atoms with Crippen molar-refractivity contribution in [3.05, 3.63) is 59.7 Å². The molecule has 0 saturated heterocycles. The molecule has 3 rings (SSSR count). The summed E-state index contributed by atoms with van der Waals surface area (Å²) in [7, 11) is 1.62. The molecule has 6 nitrogen and oxygen atoms in total. The monoisotopic (exact) mass is 420 g/mol. The van der Waals surface area contributed by atoms with Gasteiger partial charge in [-0.2, -0.15) is 13.2 Å². The van der Waals surface area contributed by atoms with E-state index in [1.165, 1.54) is 6.07 Å². The molecule has 1 heterocycles. The van der Waals surface area contributed by atoms with Gasteiger partial charge in [-0.25, -0.2) is 0 Å². The number of amides is 1. The van der Waals surface area contributed by atoms with Crippen LogP contribution in [0.3, 0.4) is 0 Å². The molecule has 0 fully saturated rings. The van der Waals surface area contributed by atoms with Gasteiger partial charge in [0, 0.05) is 38.2 Å². The fourth-order valence-corrected chi connectivity index (χ4v) is 3.22. The summed E-state index contributed by atoms with van der Waals surface area (Å²) >= 11 is 0. The number of carbonyl (C=O) groups excluding carboxylic acids is 1. The number of fused-ring (bicyclic) bond motifs is 1. The molecule has 160 valence electrons. The average Bonchev–Trinajstić information content (AvgIpc) is 2.72. The molecule has 0 bridgehead atoms. The summed E-state index contributed by atoms with van der Waals surface area (Å²) in [5.74, 6) is 0.659. The molecule has 0 saturated carbocycles. The van der Waals surface area contributed by atoms with E-state index in [4.69, 9.17) is 4.74 Å². The van der Waals surface area contributed by atoms with Crippen LogP contribution in [0.5, 0.6) is 5.75 Å². The van der Waals surface area contributed by atoms with Crippen molar-refractivity contribution in [2.24, 2.45) is 4.99 Å². The van der Waals surface area contributed by atoms with Crippen molar-refractivity contribution < 1.29 is 22.7 Å². The van der Waals surface area contributed by atoms with E-state index in [0.717, 1.165) is 16.8 Å². The quantitative estimate of drug-likeness (QED) is 0.495. The number of hydrogen-bond acceptors (Lipinski definition) is 3. The van der Waals surface area contributed by atoms with Crippen LogP contribution < -0.4 is 20.7 Å². The molecular formula is C21H23F3N4O2. The van der Waals surface area contributed by atoms with Gasteiger partial charge in [-0.05, 0) is 29.3 Å². The van der Waals surface area contributed by atoms with Crippen LogP contribution in [0.2, 0.25) is 0 Å². The van der Waals surface area contributed by atoms with Crippen LogP contribution in [0.15, 0.2) is 53.5 Å². The van der Waals surface area contributed by atoms with Crippen LogP contribution in [0.4, 0.5) is 18.9 Å². The first-order valence-corrected chi connectivity index (χ1v) is 9.46. The average molecular weight is 420 g/mol. The Bertz CT molecular complexity index is 915. The van der Waals surface area contributed by atoms with E-state index < -0.39 is 12.8 Å². The maximum Gasteiger partial charge on any atom is 0.422 e. The molecule has 1 aliphatic rings. The van der Waals surface area contributed by atoms with Crippen LogP contribution in [-0.4, -0.2) is 38.2 Å². The Morgan fingerprint density at radius 1 is 1.20 bits per heavy atom. The molecule has 0 aliphatic carbocycles. The van der Waals surface area contributed by atoms with Crippen molar-refractivity contribution in [2.45, 2.75) is 25.1 Å². The van der Waals surface area contributed by atoms with E-state index in [0.29, 0.717) is 25.5 Å². The van der Waals surface area contributed by atoms with Gasteiger partial charge in [-0.3, -0.25) is 9.79 Å². The SMILES string of the molecule is CN=C(NCc1cccc(OCC(F)(F)F)c1)NCC1CC(=O)Nc2ccccc21. The lowest BCUT2D eigenvalue weighted by Gasteiger charge is -2.26. The second-order valence-electron chi connectivity index (χ2n) is 6.89. The molecule has 3 N–H and O–H groups in total. The summed E-state index contributed by atoms with van der Waals surface area (Å²) in [6.07, 6.45) is -4.01. The number of ether oxygens (including phenoxy) is 1. The minimum atomic E-state index is -4.38. The zero-order valence-corrected chi connectivity index (χ0v) is 16.4. The van der Waals surface area contributed by atoms with Gasteiger partial charge in [-0.15, -0.1) is 0 Å². The van der Waals surface area contributed by atoms with Gasteiger partial charge in [0.2, 0.25) is 5.91 Å². The molecule has 1 amide bonds. The fourth-order valence-electron chi connectivity index (χ4n) is 3.22. The summed E-state index contributed by atoms with van der Waals surface area (Å²) in [5.41, 5.74) is 2.63. The number of alkyl halides is 3. The summed E-state index contributed by atoms with van der Waals surface area (Å²) in [6, 6.07) is 14.1. The Hall–Kier alpha value is -3.23. The smallest absolute Gasteiger partial charge is 0.422 e. The standard InChI is InChI=1S/C21H23F3N4O2/c1-25-20(26-11-14-5-4-6-16(9-14)30-13-21(22,23)24)27-12-15-10-19(29)28-18-8-3-2-7-17(15)18/h2-9,15H,10-13H2,1H3,(H,28,29)(H2,25,26,27). The van der Waals surface area contributed by atoms with Gasteiger partial charge in [0.1, 0.15) is 5.75 Å². The third-order valence-corrected chi connectivity index (χ3v) is 4.61. The van der Waals surface area contributed by atoms with Crippen molar-refractivity contribution in [1.29, 1.82) is 0 Å². The minimum Gasteiger partial charge on any atom is -0.484 e. The summed E-state index contributed by atoms with van der Waals surface area (Å²) in [4.78, 5) is 16.1. The number of nitrogens with zero attached hydrogens (tertiary/aromatic N) is 1. The first-order valence-electron chi connectivity index (χ1n) is 9.46. The Morgan fingerprint density at radius 2 is 2.00 bits per heavy atom. The molecule has 1 aliphatic heterocycles. The number of benzene rings is 2. The molecule has 0 spiro atoms. The first kappa shape index (κ1) is 21.5. The predicted octanol–water partition coefficient (Wildman–Crippen LogP) is 3.42. The highest BCUT2D eigenvalue weighted by Crippen LogP contribution is 2.31. The molecule has 1 unspecified atom stereocenters. The van der Waals surface area contributed by atoms with Crippen molar-refractivity contribution in [2.75, 3.05) is 25.5 Å². The zero-order valence-electron chi connectivity index (χ0n) is 16.4. The van der Waals surface area contributed by atoms with Crippen LogP contribution in [0, 0.1) is 0 Å². The molecule has 9 heteroatoms. The van der Waals surface area contributed by atoms with Crippen LogP contribution >= 0.6 is 0 Å². The lowest BCUT2D eigenvalue weighted by Crippen LogP contribution is -2.40. The number of hydrogen-bond donors (Lipinski definition) is 3. The Kier molecular flexibility index (Phi) is 6.81. The van der Waals surface area contributed by atoms with Crippen molar-refractivity contribution >= 4 is 17.6 Å². The van der Waals surface area contributed by atoms with E-state index in [2.05, 4.69) is 20.9 Å². The third kappa shape index (κ3) is 6.13. The number of anilines is 1. The normalized spacial score (nSPS) is 16.5. The second-order valence-corrected chi connectivity index (χ2v) is 6.89. The lowest BCUT2D eigenvalue weighted by molar-refractivity contribution is -0.153. The number of para-hydroxylation sites is 1. The van der Waals surface area contributed by atoms with E-state index in [-0.39, 0.29) is 17.6 Å². The second kappa shape index (κ2) is 9.51. The van der Waals surface area contributed by atoms with Gasteiger partial charge in [0.15, 0.2) is 12.6 Å². The van der Waals surface area contributed by atoms with E-state index in [1.54, 1.807) is 25.2 Å². The Labute approximate surface area is 172 Å². The van der Waals surface area contributed by atoms with Crippen LogP contribution in [0.25, 0.3) is 0 Å². The number of carbonyl (C=O) groups is 1. The van der Waals surface area contributed by atoms with E-state index in [9.17, 15) is 18.0 Å². The lowest BCUT2D eigenvalue weighted by atomic mass is 9.90. The summed E-state index contributed by atoms with van der Waals surface area (Å²) in [6.45, 7) is -0.465. The van der Waals surface area contributed by atoms with Gasteiger partial charge in [0.05, 0.1) is 0 Å². The van der Waals surface area contributed by atoms with Crippen molar-refractivity contribution in [3.63, 3.8) is 0 Å². The molecule has 2 aromatic carbocycles. The number of halogens is 3. The first-order chi connectivity index (χ1) is 14.3. The zero-order chi connectivity index (χ0) is 21.6. The van der Waals surface area contributed by atoms with Gasteiger partial charge >= 0.3 is 6.18 Å². The molecule has 0 aromatic heterocycles. The molecule has 1 atom stereocenters. The summed E-state index contributed by atoms with van der Waals surface area (Å²) in [5, 5.41) is 9.20. The topological polar surface area (TPSA) is 74.8 Å². The van der Waals surface area contributed by atoms with Gasteiger partial charge < -0.3 is 20.7 Å². The van der Waals surface area contributed by atoms with Crippen molar-refractivity contribution in [1.82, 2.24) is 10.6 Å². The molecule has 0 radical (unpaired) electrons. The minimum absolute atomic E-state index is 0.00703. The Morgan fingerprint density at radius 3 is 2.77 bits per heavy atom. The molecule has 30 heavy (non-hydrogen) atoms. The molecule has 2 aromatic rings. The maximum absolute atomic E-state index is 12.3. The largest absolute Gasteiger partial charge is 0.484 e. The molecular weight excluding hydrogens is 397 g/mol. The van der Waals surface area contributed by atoms with E-state index >= 15 is 0 Å². The number of guanidine groups is 1. The van der Waals surface area contributed by atoms with Crippen molar-refractivity contribution in [3.8, 4) is 5.75 Å². The highest BCUT2D eigenvalue weighted by atomic mass is 19.4. The van der Waals surface area contributed by atoms with E-state index in [1.807, 2.05) is 24.3 Å². The maximum atomic E-state index is 12.3.